The average molecular weight is 302 g/mol. The molecule has 1 N–H and O–H groups in total. The summed E-state index contributed by atoms with van der Waals surface area (Å²) in [4.78, 5) is 1.36. The fourth-order valence-corrected chi connectivity index (χ4v) is 4.35. The number of piperidine rings is 1. The SMILES string of the molecule is N#CC1(C#N)C(C#N)(C#N)C12CC[NH+](Cc1ccccc1)CC2. The highest BCUT2D eigenvalue weighted by molar-refractivity contribution is 5.56. The Morgan fingerprint density at radius 3 is 1.74 bits per heavy atom. The third kappa shape index (κ3) is 1.66. The van der Waals surface area contributed by atoms with Gasteiger partial charge in [-0.2, -0.15) is 21.0 Å². The number of rotatable bonds is 2. The molecule has 1 aromatic rings. The minimum absolute atomic E-state index is 0.567. The van der Waals surface area contributed by atoms with Gasteiger partial charge < -0.3 is 4.90 Å². The first-order valence-electron chi connectivity index (χ1n) is 7.68. The summed E-state index contributed by atoms with van der Waals surface area (Å²) in [5.41, 5.74) is -2.48. The predicted molar refractivity (Wildman–Crippen MR) is 79.8 cm³/mol. The highest BCUT2D eigenvalue weighted by Crippen LogP contribution is 2.80. The highest BCUT2D eigenvalue weighted by atomic mass is 15.1. The molecule has 0 unspecified atom stereocenters. The number of quaternary nitrogens is 1. The van der Waals surface area contributed by atoms with E-state index in [2.05, 4.69) is 12.1 Å². The number of hydrogen-bond donors (Lipinski definition) is 1. The quantitative estimate of drug-likeness (QED) is 0.878. The Morgan fingerprint density at radius 1 is 0.826 bits per heavy atom. The summed E-state index contributed by atoms with van der Waals surface area (Å²) >= 11 is 0. The maximum absolute atomic E-state index is 9.49. The van der Waals surface area contributed by atoms with E-state index in [0.29, 0.717) is 12.8 Å². The number of benzene rings is 1. The third-order valence-corrected chi connectivity index (χ3v) is 5.71. The van der Waals surface area contributed by atoms with Crippen LogP contribution in [0.1, 0.15) is 18.4 Å². The molecule has 1 aliphatic heterocycles. The molecule has 2 aliphatic rings. The van der Waals surface area contributed by atoms with Crippen molar-refractivity contribution >= 4 is 0 Å². The Balaban J connectivity index is 1.79. The van der Waals surface area contributed by atoms with Gasteiger partial charge in [-0.25, -0.2) is 0 Å². The van der Waals surface area contributed by atoms with E-state index in [1.54, 1.807) is 0 Å². The second-order valence-electron chi connectivity index (χ2n) is 6.44. The molecule has 0 aromatic heterocycles. The summed E-state index contributed by atoms with van der Waals surface area (Å²) < 4.78 is 0. The molecule has 1 aliphatic carbocycles. The van der Waals surface area contributed by atoms with Gasteiger partial charge in [-0.1, -0.05) is 30.3 Å². The van der Waals surface area contributed by atoms with Crippen LogP contribution >= 0.6 is 0 Å². The van der Waals surface area contributed by atoms with Gasteiger partial charge in [0.1, 0.15) is 6.54 Å². The van der Waals surface area contributed by atoms with Gasteiger partial charge in [-0.05, 0) is 0 Å². The first kappa shape index (κ1) is 15.1. The van der Waals surface area contributed by atoms with Crippen molar-refractivity contribution in [1.82, 2.24) is 0 Å². The van der Waals surface area contributed by atoms with Gasteiger partial charge in [-0.3, -0.25) is 0 Å². The largest absolute Gasteiger partial charge is 0.331 e. The van der Waals surface area contributed by atoms with E-state index in [0.717, 1.165) is 19.6 Å². The molecule has 0 radical (unpaired) electrons. The van der Waals surface area contributed by atoms with E-state index in [-0.39, 0.29) is 0 Å². The van der Waals surface area contributed by atoms with Crippen molar-refractivity contribution < 1.29 is 4.90 Å². The topological polar surface area (TPSA) is 99.6 Å². The van der Waals surface area contributed by atoms with E-state index in [9.17, 15) is 21.0 Å². The fourth-order valence-electron chi connectivity index (χ4n) is 4.35. The maximum Gasteiger partial charge on any atom is 0.184 e. The number of nitriles is 4. The Kier molecular flexibility index (Phi) is 3.34. The van der Waals surface area contributed by atoms with Crippen LogP contribution in [0.25, 0.3) is 0 Å². The summed E-state index contributed by atoms with van der Waals surface area (Å²) in [6, 6.07) is 18.2. The number of likely N-dealkylation sites (tertiary alicyclic amines) is 1. The van der Waals surface area contributed by atoms with E-state index in [1.807, 2.05) is 42.5 Å². The van der Waals surface area contributed by atoms with Crippen molar-refractivity contribution in [2.24, 2.45) is 16.2 Å². The molecule has 1 saturated carbocycles. The van der Waals surface area contributed by atoms with Crippen LogP contribution in [0, 0.1) is 61.6 Å². The first-order valence-corrected chi connectivity index (χ1v) is 7.68. The molecule has 0 atom stereocenters. The standard InChI is InChI=1S/C18H15N5/c19-11-17(12-20)16(18(17,13-21)14-22)6-8-23(9-7-16)10-15-4-2-1-3-5-15/h1-5H,6-10H2/p+1. The molecule has 5 heteroatoms. The van der Waals surface area contributed by atoms with Crippen LogP contribution in [0.2, 0.25) is 0 Å². The zero-order valence-corrected chi connectivity index (χ0v) is 12.7. The monoisotopic (exact) mass is 302 g/mol. The third-order valence-electron chi connectivity index (χ3n) is 5.71. The van der Waals surface area contributed by atoms with E-state index < -0.39 is 16.2 Å². The molecule has 1 spiro atoms. The Hall–Kier alpha value is -2.86. The zero-order valence-electron chi connectivity index (χ0n) is 12.7. The molecule has 112 valence electrons. The number of nitrogens with one attached hydrogen (secondary N) is 1. The van der Waals surface area contributed by atoms with E-state index >= 15 is 0 Å². The van der Waals surface area contributed by atoms with Crippen molar-refractivity contribution in [3.05, 3.63) is 35.9 Å². The molecular formula is C18H16N5+. The summed E-state index contributed by atoms with van der Waals surface area (Å²) in [5, 5.41) is 38.0. The summed E-state index contributed by atoms with van der Waals surface area (Å²) in [5.74, 6) is 0. The van der Waals surface area contributed by atoms with E-state index in [1.165, 1.54) is 10.5 Å². The second-order valence-corrected chi connectivity index (χ2v) is 6.44. The Morgan fingerprint density at radius 2 is 1.30 bits per heavy atom. The molecule has 2 fully saturated rings. The maximum atomic E-state index is 9.49. The van der Waals surface area contributed by atoms with Crippen molar-refractivity contribution in [2.75, 3.05) is 13.1 Å². The fraction of sp³-hybridized carbons (Fsp3) is 0.444. The average Bonchev–Trinajstić information content (AvgIpc) is 3.12. The lowest BCUT2D eigenvalue weighted by atomic mass is 9.83. The molecule has 0 amide bonds. The second kappa shape index (κ2) is 5.10. The number of hydrogen-bond acceptors (Lipinski definition) is 4. The minimum Gasteiger partial charge on any atom is -0.331 e. The highest BCUT2D eigenvalue weighted by Gasteiger charge is 2.91. The van der Waals surface area contributed by atoms with E-state index in [4.69, 9.17) is 0 Å². The van der Waals surface area contributed by atoms with Crippen molar-refractivity contribution in [2.45, 2.75) is 19.4 Å². The van der Waals surface area contributed by atoms with Crippen molar-refractivity contribution in [3.8, 4) is 24.3 Å². The van der Waals surface area contributed by atoms with Gasteiger partial charge in [0, 0.05) is 18.4 Å². The molecule has 1 saturated heterocycles. The summed E-state index contributed by atoms with van der Waals surface area (Å²) in [7, 11) is 0. The summed E-state index contributed by atoms with van der Waals surface area (Å²) in [6.07, 6.45) is 1.13. The van der Waals surface area contributed by atoms with Gasteiger partial charge >= 0.3 is 0 Å². The van der Waals surface area contributed by atoms with Crippen LogP contribution in [0.4, 0.5) is 0 Å². The minimum atomic E-state index is -1.47. The van der Waals surface area contributed by atoms with Crippen LogP contribution in [-0.2, 0) is 6.54 Å². The smallest absolute Gasteiger partial charge is 0.184 e. The zero-order chi connectivity index (χ0) is 16.6. The van der Waals surface area contributed by atoms with Crippen LogP contribution in [0.15, 0.2) is 30.3 Å². The lowest BCUT2D eigenvalue weighted by molar-refractivity contribution is -0.920. The van der Waals surface area contributed by atoms with Crippen molar-refractivity contribution in [1.29, 1.82) is 21.0 Å². The van der Waals surface area contributed by atoms with Gasteiger partial charge in [0.2, 0.25) is 0 Å². The molecule has 3 rings (SSSR count). The normalized spacial score (nSPS) is 23.0. The van der Waals surface area contributed by atoms with Gasteiger partial charge in [-0.15, -0.1) is 0 Å². The van der Waals surface area contributed by atoms with Gasteiger partial charge in [0.25, 0.3) is 0 Å². The Labute approximate surface area is 135 Å². The van der Waals surface area contributed by atoms with Crippen LogP contribution in [0.5, 0.6) is 0 Å². The van der Waals surface area contributed by atoms with Gasteiger partial charge in [0.05, 0.1) is 42.8 Å². The molecule has 1 heterocycles. The lowest BCUT2D eigenvalue weighted by Gasteiger charge is -2.30. The molecule has 5 nitrogen and oxygen atoms in total. The summed E-state index contributed by atoms with van der Waals surface area (Å²) in [6.45, 7) is 2.42. The lowest BCUT2D eigenvalue weighted by Crippen LogP contribution is -3.12. The predicted octanol–water partition coefficient (Wildman–Crippen LogP) is 0.932. The molecule has 1 aromatic carbocycles. The molecule has 0 bridgehead atoms. The van der Waals surface area contributed by atoms with Gasteiger partial charge in [0.15, 0.2) is 10.8 Å². The van der Waals surface area contributed by atoms with Crippen LogP contribution in [-0.4, -0.2) is 13.1 Å². The number of nitrogens with zero attached hydrogens (tertiary/aromatic N) is 4. The van der Waals surface area contributed by atoms with Crippen molar-refractivity contribution in [3.63, 3.8) is 0 Å². The van der Waals surface area contributed by atoms with Crippen LogP contribution in [0.3, 0.4) is 0 Å². The Bertz CT molecular complexity index is 708. The molecule has 23 heavy (non-hydrogen) atoms. The molecular weight excluding hydrogens is 286 g/mol. The first-order chi connectivity index (χ1) is 11.1. The van der Waals surface area contributed by atoms with Crippen LogP contribution < -0.4 is 4.90 Å².